The number of Topliss-reactive ketones (excluding diaryl/α,β-unsaturated/α-hetero) is 1. The lowest BCUT2D eigenvalue weighted by atomic mass is 9.95. The molecule has 1 atom stereocenters. The minimum absolute atomic E-state index is 0.0422. The van der Waals surface area contributed by atoms with Gasteiger partial charge in [-0.1, -0.05) is 48.0 Å². The van der Waals surface area contributed by atoms with Gasteiger partial charge in [0.25, 0.3) is 11.7 Å². The Labute approximate surface area is 208 Å². The van der Waals surface area contributed by atoms with Gasteiger partial charge in [-0.15, -0.1) is 0 Å². The van der Waals surface area contributed by atoms with E-state index in [9.17, 15) is 19.1 Å². The van der Waals surface area contributed by atoms with E-state index in [0.29, 0.717) is 28.3 Å². The van der Waals surface area contributed by atoms with Gasteiger partial charge in [-0.05, 0) is 67.8 Å². The molecule has 0 aliphatic carbocycles. The first kappa shape index (κ1) is 24.5. The second-order valence-corrected chi connectivity index (χ2v) is 9.05. The maximum absolute atomic E-state index is 13.7. The summed E-state index contributed by atoms with van der Waals surface area (Å²) >= 11 is 5.97. The first-order valence-electron chi connectivity index (χ1n) is 11.3. The maximum atomic E-state index is 13.7. The van der Waals surface area contributed by atoms with Crippen molar-refractivity contribution in [1.82, 2.24) is 4.90 Å². The number of benzene rings is 3. The number of likely N-dealkylation sites (tertiary alicyclic amines) is 1. The Kier molecular flexibility index (Phi) is 7.22. The molecule has 1 aliphatic rings. The number of rotatable bonds is 7. The van der Waals surface area contributed by atoms with E-state index in [0.717, 1.165) is 5.56 Å². The molecule has 3 aromatic carbocycles. The van der Waals surface area contributed by atoms with Crippen LogP contribution in [-0.2, 0) is 16.0 Å². The SMILES string of the molecule is CC(C)Oc1cccc(/C(O)=C2/C(=O)C(=O)N(CCc3ccc(Cl)cc3)C2c2ccc(F)cc2)c1. The lowest BCUT2D eigenvalue weighted by molar-refractivity contribution is -0.139. The van der Waals surface area contributed by atoms with Crippen molar-refractivity contribution in [2.24, 2.45) is 0 Å². The number of amides is 1. The van der Waals surface area contributed by atoms with Gasteiger partial charge in [0.2, 0.25) is 0 Å². The van der Waals surface area contributed by atoms with E-state index in [-0.39, 0.29) is 24.0 Å². The highest BCUT2D eigenvalue weighted by Crippen LogP contribution is 2.40. The average Bonchev–Trinajstić information content (AvgIpc) is 3.08. The van der Waals surface area contributed by atoms with Crippen LogP contribution >= 0.6 is 11.6 Å². The van der Waals surface area contributed by atoms with Gasteiger partial charge < -0.3 is 14.7 Å². The van der Waals surface area contributed by atoms with Crippen LogP contribution in [0.2, 0.25) is 5.02 Å². The van der Waals surface area contributed by atoms with E-state index in [1.807, 2.05) is 26.0 Å². The molecule has 1 fully saturated rings. The number of nitrogens with zero attached hydrogens (tertiary/aromatic N) is 1. The minimum Gasteiger partial charge on any atom is -0.507 e. The van der Waals surface area contributed by atoms with Gasteiger partial charge in [-0.2, -0.15) is 0 Å². The van der Waals surface area contributed by atoms with Crippen LogP contribution in [0.1, 0.15) is 36.6 Å². The molecular formula is C28H25ClFNO4. The van der Waals surface area contributed by atoms with Crippen molar-refractivity contribution in [3.05, 3.63) is 106 Å². The standard InChI is InChI=1S/C28H25ClFNO4/c1-17(2)35-23-5-3-4-20(16-23)26(32)24-25(19-8-12-22(30)13-9-19)31(28(34)27(24)33)15-14-18-6-10-21(29)11-7-18/h3-13,16-17,25,32H,14-15H2,1-2H3/b26-24-. The average molecular weight is 494 g/mol. The lowest BCUT2D eigenvalue weighted by Crippen LogP contribution is -2.31. The minimum atomic E-state index is -0.863. The summed E-state index contributed by atoms with van der Waals surface area (Å²) in [5.41, 5.74) is 1.77. The highest BCUT2D eigenvalue weighted by Gasteiger charge is 2.45. The van der Waals surface area contributed by atoms with Gasteiger partial charge in [0.1, 0.15) is 17.3 Å². The van der Waals surface area contributed by atoms with E-state index in [1.54, 1.807) is 36.4 Å². The molecule has 1 aliphatic heterocycles. The van der Waals surface area contributed by atoms with Crippen molar-refractivity contribution in [2.45, 2.75) is 32.4 Å². The van der Waals surface area contributed by atoms with Crippen LogP contribution in [0.4, 0.5) is 4.39 Å². The molecule has 0 bridgehead atoms. The normalized spacial score (nSPS) is 17.3. The third-order valence-electron chi connectivity index (χ3n) is 5.76. The summed E-state index contributed by atoms with van der Waals surface area (Å²) in [6, 6.07) is 18.7. The Morgan fingerprint density at radius 2 is 1.74 bits per heavy atom. The number of carbonyl (C=O) groups excluding carboxylic acids is 2. The second kappa shape index (κ2) is 10.3. The van der Waals surface area contributed by atoms with E-state index >= 15 is 0 Å². The predicted octanol–water partition coefficient (Wildman–Crippen LogP) is 5.93. The summed E-state index contributed by atoms with van der Waals surface area (Å²) in [5, 5.41) is 11.8. The molecular weight excluding hydrogens is 469 g/mol. The van der Waals surface area contributed by atoms with Crippen molar-refractivity contribution in [3.8, 4) is 5.75 Å². The Hall–Kier alpha value is -3.64. The number of aliphatic hydroxyl groups is 1. The molecule has 35 heavy (non-hydrogen) atoms. The largest absolute Gasteiger partial charge is 0.507 e. The van der Waals surface area contributed by atoms with Crippen LogP contribution in [0.5, 0.6) is 5.75 Å². The van der Waals surface area contributed by atoms with Crippen LogP contribution in [0.15, 0.2) is 78.4 Å². The van der Waals surface area contributed by atoms with Crippen LogP contribution in [0, 0.1) is 5.82 Å². The fourth-order valence-electron chi connectivity index (χ4n) is 4.15. The lowest BCUT2D eigenvalue weighted by Gasteiger charge is -2.25. The van der Waals surface area contributed by atoms with Gasteiger partial charge in [-0.25, -0.2) is 4.39 Å². The Bertz CT molecular complexity index is 1270. The first-order chi connectivity index (χ1) is 16.7. The van der Waals surface area contributed by atoms with E-state index in [4.69, 9.17) is 16.3 Å². The summed E-state index contributed by atoms with van der Waals surface area (Å²) < 4.78 is 19.4. The predicted molar refractivity (Wildman–Crippen MR) is 133 cm³/mol. The van der Waals surface area contributed by atoms with Crippen LogP contribution in [-0.4, -0.2) is 34.3 Å². The van der Waals surface area contributed by atoms with Crippen LogP contribution in [0.3, 0.4) is 0 Å². The van der Waals surface area contributed by atoms with Crippen molar-refractivity contribution in [2.75, 3.05) is 6.54 Å². The highest BCUT2D eigenvalue weighted by molar-refractivity contribution is 6.46. The number of aliphatic hydroxyl groups excluding tert-OH is 1. The Morgan fingerprint density at radius 1 is 1.06 bits per heavy atom. The monoisotopic (exact) mass is 493 g/mol. The summed E-state index contributed by atoms with van der Waals surface area (Å²) in [6.07, 6.45) is 0.393. The van der Waals surface area contributed by atoms with Crippen LogP contribution in [0.25, 0.3) is 5.76 Å². The van der Waals surface area contributed by atoms with Gasteiger partial charge in [0.05, 0.1) is 17.7 Å². The van der Waals surface area contributed by atoms with Crippen LogP contribution < -0.4 is 4.74 Å². The number of carbonyl (C=O) groups is 2. The van der Waals surface area contributed by atoms with Gasteiger partial charge in [-0.3, -0.25) is 9.59 Å². The number of halogens is 2. The topological polar surface area (TPSA) is 66.8 Å². The molecule has 0 aromatic heterocycles. The maximum Gasteiger partial charge on any atom is 0.295 e. The van der Waals surface area contributed by atoms with Gasteiger partial charge >= 0.3 is 0 Å². The Morgan fingerprint density at radius 3 is 2.40 bits per heavy atom. The number of ketones is 1. The highest BCUT2D eigenvalue weighted by atomic mass is 35.5. The molecule has 180 valence electrons. The summed E-state index contributed by atoms with van der Waals surface area (Å²) in [7, 11) is 0. The molecule has 0 spiro atoms. The second-order valence-electron chi connectivity index (χ2n) is 8.61. The van der Waals surface area contributed by atoms with Gasteiger partial charge in [0.15, 0.2) is 0 Å². The Balaban J connectivity index is 1.76. The molecule has 3 aromatic rings. The molecule has 0 radical (unpaired) electrons. The molecule has 7 heteroatoms. The molecule has 5 nitrogen and oxygen atoms in total. The van der Waals surface area contributed by atoms with E-state index in [1.165, 1.54) is 29.2 Å². The quantitative estimate of drug-likeness (QED) is 0.251. The molecule has 0 saturated carbocycles. The zero-order chi connectivity index (χ0) is 25.1. The summed E-state index contributed by atoms with van der Waals surface area (Å²) in [4.78, 5) is 27.7. The van der Waals surface area contributed by atoms with Crippen molar-refractivity contribution >= 4 is 29.1 Å². The fourth-order valence-corrected chi connectivity index (χ4v) is 4.27. The number of hydrogen-bond donors (Lipinski definition) is 1. The number of ether oxygens (including phenoxy) is 1. The molecule has 1 saturated heterocycles. The fraction of sp³-hybridized carbons (Fsp3) is 0.214. The zero-order valence-corrected chi connectivity index (χ0v) is 20.1. The third kappa shape index (κ3) is 5.38. The molecule has 1 amide bonds. The molecule has 1 unspecified atom stereocenters. The first-order valence-corrected chi connectivity index (χ1v) is 11.7. The zero-order valence-electron chi connectivity index (χ0n) is 19.4. The molecule has 4 rings (SSSR count). The van der Waals surface area contributed by atoms with Crippen molar-refractivity contribution in [1.29, 1.82) is 0 Å². The van der Waals surface area contributed by atoms with E-state index < -0.39 is 23.5 Å². The molecule has 1 heterocycles. The summed E-state index contributed by atoms with van der Waals surface area (Å²) in [5.74, 6) is -1.72. The molecule has 1 N–H and O–H groups in total. The van der Waals surface area contributed by atoms with E-state index in [2.05, 4.69) is 0 Å². The smallest absolute Gasteiger partial charge is 0.295 e. The summed E-state index contributed by atoms with van der Waals surface area (Å²) in [6.45, 7) is 3.99. The number of hydrogen-bond acceptors (Lipinski definition) is 4. The van der Waals surface area contributed by atoms with Gasteiger partial charge in [0, 0.05) is 17.1 Å². The van der Waals surface area contributed by atoms with Crippen molar-refractivity contribution in [3.63, 3.8) is 0 Å². The van der Waals surface area contributed by atoms with Crippen molar-refractivity contribution < 1.29 is 23.8 Å². The third-order valence-corrected chi connectivity index (χ3v) is 6.01.